The van der Waals surface area contributed by atoms with Crippen molar-refractivity contribution in [3.8, 4) is 0 Å². The minimum absolute atomic E-state index is 0.0385. The number of thioether (sulfide) groups is 1. The summed E-state index contributed by atoms with van der Waals surface area (Å²) in [5.41, 5.74) is 0. The zero-order chi connectivity index (χ0) is 10.8. The Labute approximate surface area is 87.3 Å². The van der Waals surface area contributed by atoms with Crippen molar-refractivity contribution < 1.29 is 19.4 Å². The van der Waals surface area contributed by atoms with Gasteiger partial charge in [-0.1, -0.05) is 6.08 Å². The molecule has 0 bridgehead atoms. The highest BCUT2D eigenvalue weighted by atomic mass is 32.2. The van der Waals surface area contributed by atoms with Crippen LogP contribution in [0.5, 0.6) is 0 Å². The van der Waals surface area contributed by atoms with Gasteiger partial charge in [-0.15, -0.1) is 6.58 Å². The van der Waals surface area contributed by atoms with Gasteiger partial charge in [-0.3, -0.25) is 4.79 Å². The van der Waals surface area contributed by atoms with Crippen LogP contribution in [0.25, 0.3) is 0 Å². The van der Waals surface area contributed by atoms with Crippen LogP contribution in [0, 0.1) is 0 Å². The summed E-state index contributed by atoms with van der Waals surface area (Å²) in [5, 5.41) is 7.27. The molecule has 0 heterocycles. The predicted octanol–water partition coefficient (Wildman–Crippen LogP) is 1.95. The molecule has 0 saturated heterocycles. The second-order valence-electron chi connectivity index (χ2n) is 2.56. The fraction of sp³-hybridized carbons (Fsp3) is 0.556. The van der Waals surface area contributed by atoms with Crippen LogP contribution in [0.4, 0.5) is 4.79 Å². The van der Waals surface area contributed by atoms with E-state index in [9.17, 15) is 9.59 Å². The number of hydrogen-bond donors (Lipinski definition) is 1. The first-order chi connectivity index (χ1) is 6.66. The fourth-order valence-electron chi connectivity index (χ4n) is 0.752. The maximum Gasteiger partial charge on any atom is 0.365 e. The van der Waals surface area contributed by atoms with Crippen molar-refractivity contribution in [1.29, 1.82) is 0 Å². The van der Waals surface area contributed by atoms with E-state index in [0.29, 0.717) is 37.8 Å². The summed E-state index contributed by atoms with van der Waals surface area (Å²) < 4.78 is 5.07. The molecule has 5 heteroatoms. The largest absolute Gasteiger partial charge is 0.473 e. The third-order valence-corrected chi connectivity index (χ3v) is 2.05. The van der Waals surface area contributed by atoms with Crippen LogP contribution in [0.3, 0.4) is 0 Å². The van der Waals surface area contributed by atoms with Crippen molar-refractivity contribution in [3.63, 3.8) is 0 Å². The Morgan fingerprint density at radius 3 is 2.79 bits per heavy atom. The Morgan fingerprint density at radius 2 is 2.21 bits per heavy atom. The third kappa shape index (κ3) is 9.28. The Balaban J connectivity index is 3.26. The number of ether oxygens (including phenoxy) is 1. The summed E-state index contributed by atoms with van der Waals surface area (Å²) in [6.07, 6.45) is 2.65. The molecule has 0 unspecified atom stereocenters. The standard InChI is InChI=1S/C9H14O4S/c1-2-5-13-6-3-4-8(10)7-14-9(11)12/h2H,1,3-7H2,(H,11,12). The molecular formula is C9H14O4S. The summed E-state index contributed by atoms with van der Waals surface area (Å²) in [6.45, 7) is 4.48. The second-order valence-corrected chi connectivity index (χ2v) is 3.49. The quantitative estimate of drug-likeness (QED) is 0.498. The van der Waals surface area contributed by atoms with Gasteiger partial charge in [0.05, 0.1) is 12.4 Å². The number of hydrogen-bond acceptors (Lipinski definition) is 4. The summed E-state index contributed by atoms with van der Waals surface area (Å²) in [6, 6.07) is 0. The molecule has 0 aliphatic rings. The third-order valence-electron chi connectivity index (χ3n) is 1.34. The first-order valence-electron chi connectivity index (χ1n) is 4.23. The smallest absolute Gasteiger partial charge is 0.365 e. The molecule has 0 saturated carbocycles. The van der Waals surface area contributed by atoms with E-state index in [0.717, 1.165) is 0 Å². The van der Waals surface area contributed by atoms with Crippen LogP contribution in [-0.2, 0) is 9.53 Å². The lowest BCUT2D eigenvalue weighted by atomic mass is 10.2. The summed E-state index contributed by atoms with van der Waals surface area (Å²) in [4.78, 5) is 21.1. The van der Waals surface area contributed by atoms with Crippen molar-refractivity contribution in [2.75, 3.05) is 19.0 Å². The minimum atomic E-state index is -1.01. The van der Waals surface area contributed by atoms with Gasteiger partial charge in [0.2, 0.25) is 0 Å². The number of carboxylic acid groups (broad SMARTS) is 1. The normalized spacial score (nSPS) is 9.71. The van der Waals surface area contributed by atoms with Crippen molar-refractivity contribution in [3.05, 3.63) is 12.7 Å². The number of carbonyl (C=O) groups is 2. The molecule has 0 aliphatic carbocycles. The van der Waals surface area contributed by atoms with Gasteiger partial charge >= 0.3 is 5.30 Å². The monoisotopic (exact) mass is 218 g/mol. The van der Waals surface area contributed by atoms with E-state index in [1.165, 1.54) is 0 Å². The SMILES string of the molecule is C=CCOCCCC(=O)CSC(=O)O. The maximum absolute atomic E-state index is 11.0. The lowest BCUT2D eigenvalue weighted by Gasteiger charge is -2.00. The van der Waals surface area contributed by atoms with Gasteiger partial charge in [0.1, 0.15) is 5.78 Å². The van der Waals surface area contributed by atoms with Gasteiger partial charge in [-0.2, -0.15) is 0 Å². The van der Waals surface area contributed by atoms with E-state index in [-0.39, 0.29) is 11.5 Å². The topological polar surface area (TPSA) is 63.6 Å². The van der Waals surface area contributed by atoms with Crippen LogP contribution in [-0.4, -0.2) is 35.2 Å². The fourth-order valence-corrected chi connectivity index (χ4v) is 1.18. The lowest BCUT2D eigenvalue weighted by Crippen LogP contribution is -2.05. The molecule has 0 rings (SSSR count). The number of ketones is 1. The van der Waals surface area contributed by atoms with Gasteiger partial charge in [0.25, 0.3) is 0 Å². The van der Waals surface area contributed by atoms with Crippen molar-refractivity contribution in [2.24, 2.45) is 0 Å². The van der Waals surface area contributed by atoms with Crippen molar-refractivity contribution in [2.45, 2.75) is 12.8 Å². The zero-order valence-electron chi connectivity index (χ0n) is 7.90. The summed E-state index contributed by atoms with van der Waals surface area (Å²) in [7, 11) is 0. The molecule has 14 heavy (non-hydrogen) atoms. The molecule has 0 aromatic carbocycles. The number of carbonyl (C=O) groups excluding carboxylic acids is 1. The first kappa shape index (κ1) is 13.2. The van der Waals surface area contributed by atoms with Crippen LogP contribution in [0.1, 0.15) is 12.8 Å². The highest BCUT2D eigenvalue weighted by Gasteiger charge is 2.05. The van der Waals surface area contributed by atoms with E-state index in [1.807, 2.05) is 0 Å². The molecule has 4 nitrogen and oxygen atoms in total. The van der Waals surface area contributed by atoms with Crippen molar-refractivity contribution in [1.82, 2.24) is 0 Å². The van der Waals surface area contributed by atoms with Crippen LogP contribution in [0.2, 0.25) is 0 Å². The van der Waals surface area contributed by atoms with E-state index in [1.54, 1.807) is 6.08 Å². The van der Waals surface area contributed by atoms with Gasteiger partial charge in [-0.05, 0) is 18.2 Å². The molecule has 0 atom stereocenters. The van der Waals surface area contributed by atoms with Gasteiger partial charge in [-0.25, -0.2) is 4.79 Å². The molecule has 0 amide bonds. The molecule has 80 valence electrons. The number of Topliss-reactive ketones (excluding diaryl/α,β-unsaturated/α-hetero) is 1. The Bertz CT molecular complexity index is 203. The molecule has 0 radical (unpaired) electrons. The van der Waals surface area contributed by atoms with Crippen LogP contribution >= 0.6 is 11.8 Å². The van der Waals surface area contributed by atoms with E-state index in [2.05, 4.69) is 6.58 Å². The van der Waals surface area contributed by atoms with Gasteiger partial charge in [0.15, 0.2) is 0 Å². The lowest BCUT2D eigenvalue weighted by molar-refractivity contribution is -0.116. The van der Waals surface area contributed by atoms with Crippen LogP contribution in [0.15, 0.2) is 12.7 Å². The summed E-state index contributed by atoms with van der Waals surface area (Å²) >= 11 is 0.618. The van der Waals surface area contributed by atoms with Gasteiger partial charge in [0, 0.05) is 13.0 Å². The Kier molecular flexibility index (Phi) is 8.27. The molecule has 0 aliphatic heterocycles. The van der Waals surface area contributed by atoms with E-state index >= 15 is 0 Å². The van der Waals surface area contributed by atoms with E-state index in [4.69, 9.17) is 9.84 Å². The number of rotatable bonds is 8. The summed E-state index contributed by atoms with van der Waals surface area (Å²) in [5.74, 6) is -0.0174. The average Bonchev–Trinajstić information content (AvgIpc) is 2.14. The highest BCUT2D eigenvalue weighted by molar-refractivity contribution is 8.13. The maximum atomic E-state index is 11.0. The molecule has 0 aromatic rings. The molecule has 0 spiro atoms. The molecule has 0 fully saturated rings. The second kappa shape index (κ2) is 8.77. The zero-order valence-corrected chi connectivity index (χ0v) is 8.72. The van der Waals surface area contributed by atoms with Gasteiger partial charge < -0.3 is 9.84 Å². The Morgan fingerprint density at radius 1 is 1.50 bits per heavy atom. The van der Waals surface area contributed by atoms with Crippen LogP contribution < -0.4 is 0 Å². The predicted molar refractivity (Wildman–Crippen MR) is 55.7 cm³/mol. The minimum Gasteiger partial charge on any atom is -0.473 e. The first-order valence-corrected chi connectivity index (χ1v) is 5.21. The molecule has 0 aromatic heterocycles. The molecule has 1 N–H and O–H groups in total. The van der Waals surface area contributed by atoms with E-state index < -0.39 is 5.30 Å². The van der Waals surface area contributed by atoms with Crippen molar-refractivity contribution >= 4 is 22.8 Å². The molecular weight excluding hydrogens is 204 g/mol. The Hall–Kier alpha value is -0.810. The average molecular weight is 218 g/mol. The highest BCUT2D eigenvalue weighted by Crippen LogP contribution is 2.03.